The fourth-order valence-electron chi connectivity index (χ4n) is 5.02. The lowest BCUT2D eigenvalue weighted by Crippen LogP contribution is -2.54. The third-order valence-electron chi connectivity index (χ3n) is 7.18. The average Bonchev–Trinajstić information content (AvgIpc) is 2.90. The van der Waals surface area contributed by atoms with Gasteiger partial charge in [-0.15, -0.1) is 0 Å². The van der Waals surface area contributed by atoms with Crippen LogP contribution in [0.3, 0.4) is 0 Å². The molecular formula is C27H36ClFN6O2S. The number of likely N-dealkylation sites (tertiary alicyclic amines) is 1. The first-order chi connectivity index (χ1) is 18.3. The number of benzene rings is 1. The molecule has 206 valence electrons. The first-order valence-electron chi connectivity index (χ1n) is 13.3. The van der Waals surface area contributed by atoms with Crippen LogP contribution >= 0.6 is 23.4 Å². The largest absolute Gasteiger partial charge is 0.355 e. The maximum atomic E-state index is 13.2. The number of piperazine rings is 1. The Bertz CT molecular complexity index is 1110. The van der Waals surface area contributed by atoms with Crippen molar-refractivity contribution in [2.24, 2.45) is 0 Å². The quantitative estimate of drug-likeness (QED) is 0.213. The minimum absolute atomic E-state index is 0.0478. The van der Waals surface area contributed by atoms with E-state index in [1.54, 1.807) is 11.0 Å². The lowest BCUT2D eigenvalue weighted by Gasteiger charge is -2.40. The predicted octanol–water partition coefficient (Wildman–Crippen LogP) is 4.09. The molecule has 2 amide bonds. The zero-order chi connectivity index (χ0) is 27.1. The summed E-state index contributed by atoms with van der Waals surface area (Å²) in [4.78, 5) is 40.6. The van der Waals surface area contributed by atoms with Gasteiger partial charge in [-0.3, -0.25) is 9.59 Å². The van der Waals surface area contributed by atoms with E-state index in [0.717, 1.165) is 19.5 Å². The molecule has 0 aliphatic carbocycles. The van der Waals surface area contributed by atoms with Gasteiger partial charge in [-0.05, 0) is 63.9 Å². The number of thioether (sulfide) groups is 1. The Hall–Kier alpha value is -2.43. The van der Waals surface area contributed by atoms with Crippen LogP contribution in [0.4, 0.5) is 10.2 Å². The Morgan fingerprint density at radius 1 is 1.11 bits per heavy atom. The second-order valence-electron chi connectivity index (χ2n) is 10.0. The van der Waals surface area contributed by atoms with Crippen molar-refractivity contribution in [3.05, 3.63) is 46.9 Å². The summed E-state index contributed by atoms with van der Waals surface area (Å²) >= 11 is 7.55. The van der Waals surface area contributed by atoms with Gasteiger partial charge >= 0.3 is 0 Å². The summed E-state index contributed by atoms with van der Waals surface area (Å²) in [5, 5.41) is 3.75. The molecular weight excluding hydrogens is 527 g/mol. The van der Waals surface area contributed by atoms with Crippen LogP contribution in [0.1, 0.15) is 49.9 Å². The molecule has 8 nitrogen and oxygen atoms in total. The number of amides is 2. The number of hydrogen-bond donors (Lipinski definition) is 1. The molecule has 0 radical (unpaired) electrons. The Kier molecular flexibility index (Phi) is 10.2. The van der Waals surface area contributed by atoms with Gasteiger partial charge in [0.25, 0.3) is 5.91 Å². The van der Waals surface area contributed by atoms with Gasteiger partial charge in [0.05, 0.1) is 5.75 Å². The van der Waals surface area contributed by atoms with Crippen LogP contribution in [0.5, 0.6) is 0 Å². The summed E-state index contributed by atoms with van der Waals surface area (Å²) in [7, 11) is 0. The predicted molar refractivity (Wildman–Crippen MR) is 149 cm³/mol. The monoisotopic (exact) mass is 562 g/mol. The molecule has 0 bridgehead atoms. The first kappa shape index (κ1) is 28.6. The van der Waals surface area contributed by atoms with Crippen molar-refractivity contribution in [1.29, 1.82) is 0 Å². The van der Waals surface area contributed by atoms with Gasteiger partial charge in [-0.1, -0.05) is 29.8 Å². The van der Waals surface area contributed by atoms with E-state index in [2.05, 4.69) is 32.0 Å². The second kappa shape index (κ2) is 13.6. The summed E-state index contributed by atoms with van der Waals surface area (Å²) < 4.78 is 13.2. The van der Waals surface area contributed by atoms with E-state index in [0.29, 0.717) is 53.9 Å². The van der Waals surface area contributed by atoms with Crippen LogP contribution in [0.15, 0.2) is 35.5 Å². The van der Waals surface area contributed by atoms with E-state index in [9.17, 15) is 14.0 Å². The molecule has 2 unspecified atom stereocenters. The molecule has 1 aromatic carbocycles. The highest BCUT2D eigenvalue weighted by Gasteiger charge is 2.29. The Morgan fingerprint density at radius 2 is 1.89 bits per heavy atom. The molecule has 4 rings (SSSR count). The summed E-state index contributed by atoms with van der Waals surface area (Å²) in [6, 6.07) is 7.87. The second-order valence-corrected chi connectivity index (χ2v) is 11.3. The Balaban J connectivity index is 1.25. The third kappa shape index (κ3) is 7.80. The van der Waals surface area contributed by atoms with Crippen molar-refractivity contribution in [2.45, 2.75) is 56.8 Å². The zero-order valence-corrected chi connectivity index (χ0v) is 23.6. The number of nitrogens with one attached hydrogen (secondary N) is 1. The Labute approximate surface area is 233 Å². The maximum absolute atomic E-state index is 13.2. The van der Waals surface area contributed by atoms with Crippen molar-refractivity contribution in [2.75, 3.05) is 49.9 Å². The SMILES string of the molecule is CC1CCCCN1CCCNC(=O)CSc1nc(Cl)cc(N2CCN(C(=O)c3ccc(F)cc3)C(C)C2)n1. The van der Waals surface area contributed by atoms with Crippen LogP contribution < -0.4 is 10.2 Å². The van der Waals surface area contributed by atoms with Gasteiger partial charge in [-0.2, -0.15) is 0 Å². The molecule has 2 aliphatic rings. The molecule has 2 saturated heterocycles. The highest BCUT2D eigenvalue weighted by molar-refractivity contribution is 7.99. The lowest BCUT2D eigenvalue weighted by molar-refractivity contribution is -0.118. The number of rotatable bonds is 9. The summed E-state index contributed by atoms with van der Waals surface area (Å²) in [6.07, 6.45) is 4.77. The number of halogens is 2. The molecule has 2 aromatic rings. The normalized spacial score (nSPS) is 20.4. The van der Waals surface area contributed by atoms with Gasteiger partial charge in [0, 0.05) is 56.4 Å². The van der Waals surface area contributed by atoms with Crippen LogP contribution in [0, 0.1) is 5.82 Å². The minimum atomic E-state index is -0.367. The summed E-state index contributed by atoms with van der Waals surface area (Å²) in [5.74, 6) is 0.355. The van der Waals surface area contributed by atoms with Gasteiger partial charge < -0.3 is 20.0 Å². The van der Waals surface area contributed by atoms with Crippen molar-refractivity contribution >= 4 is 41.0 Å². The van der Waals surface area contributed by atoms with Crippen molar-refractivity contribution < 1.29 is 14.0 Å². The minimum Gasteiger partial charge on any atom is -0.355 e. The van der Waals surface area contributed by atoms with E-state index >= 15 is 0 Å². The smallest absolute Gasteiger partial charge is 0.254 e. The van der Waals surface area contributed by atoms with E-state index < -0.39 is 0 Å². The molecule has 38 heavy (non-hydrogen) atoms. The first-order valence-corrected chi connectivity index (χ1v) is 14.7. The molecule has 1 N–H and O–H groups in total. The molecule has 0 spiro atoms. The summed E-state index contributed by atoms with van der Waals surface area (Å²) in [5.41, 5.74) is 0.467. The number of piperidine rings is 1. The molecule has 2 aliphatic heterocycles. The van der Waals surface area contributed by atoms with Gasteiger partial charge in [-0.25, -0.2) is 14.4 Å². The fraction of sp³-hybridized carbons (Fsp3) is 0.556. The van der Waals surface area contributed by atoms with Gasteiger partial charge in [0.1, 0.15) is 16.8 Å². The van der Waals surface area contributed by atoms with E-state index in [-0.39, 0.29) is 29.4 Å². The highest BCUT2D eigenvalue weighted by Crippen LogP contribution is 2.25. The number of carbonyl (C=O) groups excluding carboxylic acids is 2. The maximum Gasteiger partial charge on any atom is 0.254 e. The number of aromatic nitrogens is 2. The zero-order valence-electron chi connectivity index (χ0n) is 22.0. The van der Waals surface area contributed by atoms with Crippen molar-refractivity contribution in [3.63, 3.8) is 0 Å². The molecule has 11 heteroatoms. The molecule has 0 saturated carbocycles. The lowest BCUT2D eigenvalue weighted by atomic mass is 10.0. The van der Waals surface area contributed by atoms with Crippen LogP contribution in [0.2, 0.25) is 5.15 Å². The molecule has 3 heterocycles. The summed E-state index contributed by atoms with van der Waals surface area (Å²) in [6.45, 7) is 8.72. The average molecular weight is 563 g/mol. The molecule has 1 aromatic heterocycles. The third-order valence-corrected chi connectivity index (χ3v) is 8.22. The Morgan fingerprint density at radius 3 is 2.63 bits per heavy atom. The number of hydrogen-bond acceptors (Lipinski definition) is 7. The standard InChI is InChI=1S/C27H36ClFN6O2S/c1-19-6-3-4-12-33(19)13-5-11-30-25(36)18-38-27-31-23(28)16-24(32-27)34-14-15-35(20(2)17-34)26(37)21-7-9-22(29)10-8-21/h7-10,16,19-20H,3-6,11-15,17-18H2,1-2H3,(H,30,36). The van der Waals surface area contributed by atoms with Gasteiger partial charge in [0.15, 0.2) is 5.16 Å². The van der Waals surface area contributed by atoms with E-state index in [4.69, 9.17) is 11.6 Å². The van der Waals surface area contributed by atoms with E-state index in [1.807, 2.05) is 6.92 Å². The van der Waals surface area contributed by atoms with Gasteiger partial charge in [0.2, 0.25) is 5.91 Å². The van der Waals surface area contributed by atoms with E-state index in [1.165, 1.54) is 55.3 Å². The van der Waals surface area contributed by atoms with Crippen molar-refractivity contribution in [3.8, 4) is 0 Å². The molecule has 2 atom stereocenters. The molecule has 2 fully saturated rings. The van der Waals surface area contributed by atoms with Crippen molar-refractivity contribution in [1.82, 2.24) is 25.1 Å². The topological polar surface area (TPSA) is 81.7 Å². The van der Waals surface area contributed by atoms with Crippen LogP contribution in [0.25, 0.3) is 0 Å². The van der Waals surface area contributed by atoms with Crippen LogP contribution in [-0.4, -0.2) is 88.7 Å². The number of nitrogens with zero attached hydrogens (tertiary/aromatic N) is 5. The highest BCUT2D eigenvalue weighted by atomic mass is 35.5. The van der Waals surface area contributed by atoms with Crippen LogP contribution in [-0.2, 0) is 4.79 Å². The fourth-order valence-corrected chi connectivity index (χ4v) is 5.93. The number of anilines is 1. The number of carbonyl (C=O) groups is 2.